The first-order chi connectivity index (χ1) is 12.6. The molecule has 3 aromatic rings. The van der Waals surface area contributed by atoms with Gasteiger partial charge < -0.3 is 9.26 Å². The van der Waals surface area contributed by atoms with Crippen molar-refractivity contribution < 1.29 is 14.1 Å². The minimum Gasteiger partial charge on any atom is -0.488 e. The number of nitrogens with zero attached hydrogens (tertiary/aromatic N) is 5. The number of ketones is 1. The van der Waals surface area contributed by atoms with Crippen LogP contribution >= 0.6 is 23.2 Å². The molecule has 1 aliphatic rings. The Labute approximate surface area is 158 Å². The molecule has 10 heteroatoms. The molecule has 1 saturated carbocycles. The standard InChI is InChI=1S/C16H13Cl2N5O3/c17-12-4-3-10(14(24)11-7-20-26-15(11)9-1-2-9)13(18)16(12)25-6-5-23-8-19-21-22-23/h3-4,7-9H,1-2,5-6H2. The zero-order chi connectivity index (χ0) is 18.1. The molecule has 0 unspecified atom stereocenters. The molecule has 2 aromatic heterocycles. The fourth-order valence-corrected chi connectivity index (χ4v) is 3.13. The van der Waals surface area contributed by atoms with E-state index in [4.69, 9.17) is 32.5 Å². The molecule has 0 radical (unpaired) electrons. The van der Waals surface area contributed by atoms with E-state index in [0.29, 0.717) is 28.5 Å². The van der Waals surface area contributed by atoms with Gasteiger partial charge in [-0.15, -0.1) is 5.10 Å². The fraction of sp³-hybridized carbons (Fsp3) is 0.312. The van der Waals surface area contributed by atoms with E-state index in [-0.39, 0.29) is 29.1 Å². The van der Waals surface area contributed by atoms with Crippen LogP contribution in [0.25, 0.3) is 0 Å². The van der Waals surface area contributed by atoms with E-state index < -0.39 is 0 Å². The van der Waals surface area contributed by atoms with Gasteiger partial charge in [-0.3, -0.25) is 4.79 Å². The monoisotopic (exact) mass is 393 g/mol. The van der Waals surface area contributed by atoms with Gasteiger partial charge in [0.2, 0.25) is 0 Å². The highest BCUT2D eigenvalue weighted by Crippen LogP contribution is 2.43. The summed E-state index contributed by atoms with van der Waals surface area (Å²) < 4.78 is 12.4. The molecule has 1 aromatic carbocycles. The molecule has 134 valence electrons. The lowest BCUT2D eigenvalue weighted by atomic mass is 10.0. The number of aromatic nitrogens is 5. The highest BCUT2D eigenvalue weighted by Gasteiger charge is 2.33. The lowest BCUT2D eigenvalue weighted by Gasteiger charge is -2.12. The summed E-state index contributed by atoms with van der Waals surface area (Å²) >= 11 is 12.6. The van der Waals surface area contributed by atoms with E-state index in [1.807, 2.05) is 0 Å². The van der Waals surface area contributed by atoms with Gasteiger partial charge in [0.1, 0.15) is 12.9 Å². The van der Waals surface area contributed by atoms with Crippen LogP contribution in [0.4, 0.5) is 0 Å². The maximum atomic E-state index is 12.9. The zero-order valence-electron chi connectivity index (χ0n) is 13.4. The van der Waals surface area contributed by atoms with Crippen molar-refractivity contribution in [3.8, 4) is 5.75 Å². The number of carbonyl (C=O) groups excluding carboxylic acids is 1. The number of benzene rings is 1. The molecule has 1 aliphatic carbocycles. The molecule has 2 heterocycles. The number of rotatable bonds is 7. The Bertz CT molecular complexity index is 938. The summed E-state index contributed by atoms with van der Waals surface area (Å²) in [6.07, 6.45) is 4.89. The van der Waals surface area contributed by atoms with Gasteiger partial charge in [-0.05, 0) is 35.4 Å². The molecular formula is C16H13Cl2N5O3. The van der Waals surface area contributed by atoms with Gasteiger partial charge in [-0.2, -0.15) is 0 Å². The van der Waals surface area contributed by atoms with Crippen molar-refractivity contribution in [3.05, 3.63) is 51.6 Å². The summed E-state index contributed by atoms with van der Waals surface area (Å²) in [6, 6.07) is 3.15. The first kappa shape index (κ1) is 17.0. The van der Waals surface area contributed by atoms with Crippen LogP contribution in [0.5, 0.6) is 5.75 Å². The first-order valence-electron chi connectivity index (χ1n) is 7.96. The predicted octanol–water partition coefficient (Wildman–Crippen LogP) is 3.16. The van der Waals surface area contributed by atoms with Gasteiger partial charge in [0.25, 0.3) is 0 Å². The first-order valence-corrected chi connectivity index (χ1v) is 8.71. The van der Waals surface area contributed by atoms with Crippen LogP contribution in [0.3, 0.4) is 0 Å². The van der Waals surface area contributed by atoms with Crippen LogP contribution in [-0.4, -0.2) is 37.8 Å². The quantitative estimate of drug-likeness (QED) is 0.568. The number of hydrogen-bond donors (Lipinski definition) is 0. The predicted molar refractivity (Wildman–Crippen MR) is 91.7 cm³/mol. The molecule has 0 bridgehead atoms. The van der Waals surface area contributed by atoms with Crippen LogP contribution in [0, 0.1) is 0 Å². The molecule has 0 atom stereocenters. The third-order valence-electron chi connectivity index (χ3n) is 4.04. The minimum absolute atomic E-state index is 0.155. The van der Waals surface area contributed by atoms with Gasteiger partial charge in [0.15, 0.2) is 17.3 Å². The Kier molecular flexibility index (Phi) is 4.60. The molecule has 26 heavy (non-hydrogen) atoms. The molecule has 0 amide bonds. The molecule has 0 aliphatic heterocycles. The number of ether oxygens (including phenoxy) is 1. The van der Waals surface area contributed by atoms with Gasteiger partial charge in [0, 0.05) is 11.5 Å². The van der Waals surface area contributed by atoms with Gasteiger partial charge >= 0.3 is 0 Å². The summed E-state index contributed by atoms with van der Waals surface area (Å²) in [5, 5.41) is 15.1. The van der Waals surface area contributed by atoms with Crippen LogP contribution in [0.2, 0.25) is 10.0 Å². The SMILES string of the molecule is O=C(c1cnoc1C1CC1)c1ccc(Cl)c(OCCn2cnnn2)c1Cl. The smallest absolute Gasteiger partial charge is 0.199 e. The Morgan fingerprint density at radius 3 is 2.88 bits per heavy atom. The maximum absolute atomic E-state index is 12.9. The second-order valence-electron chi connectivity index (χ2n) is 5.87. The van der Waals surface area contributed by atoms with Crippen LogP contribution < -0.4 is 4.74 Å². The number of halogens is 2. The molecule has 1 fully saturated rings. The Hall–Kier alpha value is -2.45. The van der Waals surface area contributed by atoms with Crippen LogP contribution in [0.1, 0.15) is 40.4 Å². The topological polar surface area (TPSA) is 95.9 Å². The molecule has 0 N–H and O–H groups in total. The van der Waals surface area contributed by atoms with E-state index in [2.05, 4.69) is 20.7 Å². The third kappa shape index (κ3) is 3.30. The van der Waals surface area contributed by atoms with Crippen molar-refractivity contribution in [2.45, 2.75) is 25.3 Å². The Morgan fingerprint density at radius 1 is 1.31 bits per heavy atom. The normalized spacial score (nSPS) is 13.8. The van der Waals surface area contributed by atoms with Gasteiger partial charge in [-0.25, -0.2) is 4.68 Å². The van der Waals surface area contributed by atoms with Crippen molar-refractivity contribution in [2.75, 3.05) is 6.61 Å². The molecule has 0 spiro atoms. The van der Waals surface area contributed by atoms with Crippen LogP contribution in [-0.2, 0) is 6.54 Å². The minimum atomic E-state index is -0.264. The third-order valence-corrected chi connectivity index (χ3v) is 4.72. The maximum Gasteiger partial charge on any atom is 0.199 e. The van der Waals surface area contributed by atoms with Gasteiger partial charge in [0.05, 0.1) is 28.4 Å². The molecule has 4 rings (SSSR count). The largest absolute Gasteiger partial charge is 0.488 e. The van der Waals surface area contributed by atoms with Gasteiger partial charge in [-0.1, -0.05) is 28.4 Å². The lowest BCUT2D eigenvalue weighted by Crippen LogP contribution is -2.10. The average Bonchev–Trinajstić information content (AvgIpc) is 3.14. The molecule has 8 nitrogen and oxygen atoms in total. The zero-order valence-corrected chi connectivity index (χ0v) is 14.9. The fourth-order valence-electron chi connectivity index (χ4n) is 2.57. The van der Waals surface area contributed by atoms with Crippen molar-refractivity contribution in [2.24, 2.45) is 0 Å². The average molecular weight is 394 g/mol. The summed E-state index contributed by atoms with van der Waals surface area (Å²) in [5.41, 5.74) is 0.718. The number of hydrogen-bond acceptors (Lipinski definition) is 7. The Morgan fingerprint density at radius 2 is 2.15 bits per heavy atom. The Balaban J connectivity index is 1.56. The van der Waals surface area contributed by atoms with Crippen LogP contribution in [0.15, 0.2) is 29.2 Å². The highest BCUT2D eigenvalue weighted by atomic mass is 35.5. The summed E-state index contributed by atoms with van der Waals surface area (Å²) in [4.78, 5) is 12.9. The molecular weight excluding hydrogens is 381 g/mol. The van der Waals surface area contributed by atoms with E-state index >= 15 is 0 Å². The molecule has 0 saturated heterocycles. The van der Waals surface area contributed by atoms with Crippen molar-refractivity contribution in [1.82, 2.24) is 25.4 Å². The summed E-state index contributed by atoms with van der Waals surface area (Å²) in [5.74, 6) is 0.855. The van der Waals surface area contributed by atoms with Crippen molar-refractivity contribution in [3.63, 3.8) is 0 Å². The second-order valence-corrected chi connectivity index (χ2v) is 6.65. The lowest BCUT2D eigenvalue weighted by molar-refractivity contribution is 0.103. The summed E-state index contributed by atoms with van der Waals surface area (Å²) in [6.45, 7) is 0.651. The van der Waals surface area contributed by atoms with E-state index in [0.717, 1.165) is 12.8 Å². The highest BCUT2D eigenvalue weighted by molar-refractivity contribution is 6.40. The van der Waals surface area contributed by atoms with E-state index in [9.17, 15) is 4.79 Å². The van der Waals surface area contributed by atoms with Crippen molar-refractivity contribution >= 4 is 29.0 Å². The van der Waals surface area contributed by atoms with Crippen molar-refractivity contribution in [1.29, 1.82) is 0 Å². The number of carbonyl (C=O) groups is 1. The summed E-state index contributed by atoms with van der Waals surface area (Å²) in [7, 11) is 0. The second kappa shape index (κ2) is 7.05. The number of tetrazole rings is 1. The van der Waals surface area contributed by atoms with E-state index in [1.54, 1.807) is 12.1 Å². The van der Waals surface area contributed by atoms with E-state index in [1.165, 1.54) is 17.2 Å².